The van der Waals surface area contributed by atoms with Crippen LogP contribution in [0.5, 0.6) is 0 Å². The zero-order chi connectivity index (χ0) is 11.0. The number of rotatable bonds is 2. The molecule has 0 heterocycles. The van der Waals surface area contributed by atoms with Gasteiger partial charge in [-0.25, -0.2) is 0 Å². The summed E-state index contributed by atoms with van der Waals surface area (Å²) < 4.78 is 6.10. The molecule has 0 unspecified atom stereocenters. The van der Waals surface area contributed by atoms with Crippen molar-refractivity contribution in [3.63, 3.8) is 0 Å². The van der Waals surface area contributed by atoms with Crippen LogP contribution in [0.4, 0.5) is 0 Å². The van der Waals surface area contributed by atoms with Gasteiger partial charge in [0.1, 0.15) is 0 Å². The van der Waals surface area contributed by atoms with Gasteiger partial charge in [0.15, 0.2) is 8.32 Å². The molecule has 2 nitrogen and oxygen atoms in total. The molecule has 0 saturated heterocycles. The van der Waals surface area contributed by atoms with E-state index in [4.69, 9.17) is 4.43 Å². The van der Waals surface area contributed by atoms with E-state index in [1.54, 1.807) is 0 Å². The monoisotopic (exact) mass is 214 g/mol. The van der Waals surface area contributed by atoms with Gasteiger partial charge in [-0.2, -0.15) is 0 Å². The molecule has 0 aliphatic heterocycles. The van der Waals surface area contributed by atoms with Crippen LogP contribution in [0.15, 0.2) is 12.2 Å². The lowest BCUT2D eigenvalue weighted by molar-refractivity contribution is 0.0687. The summed E-state index contributed by atoms with van der Waals surface area (Å²) in [4.78, 5) is 0. The first kappa shape index (κ1) is 11.9. The molecule has 0 saturated carbocycles. The Morgan fingerprint density at radius 3 is 2.29 bits per heavy atom. The van der Waals surface area contributed by atoms with Crippen LogP contribution >= 0.6 is 0 Å². The number of hydrogen-bond donors (Lipinski definition) is 1. The highest BCUT2D eigenvalue weighted by Gasteiger charge is 2.40. The van der Waals surface area contributed by atoms with E-state index in [-0.39, 0.29) is 11.1 Å². The molecule has 3 heteroatoms. The molecule has 0 fully saturated rings. The van der Waals surface area contributed by atoms with Crippen LogP contribution in [0.3, 0.4) is 0 Å². The fourth-order valence-corrected chi connectivity index (χ4v) is 2.63. The summed E-state index contributed by atoms with van der Waals surface area (Å²) in [5, 5.41) is 9.85. The molecule has 0 aromatic rings. The van der Waals surface area contributed by atoms with E-state index in [0.717, 1.165) is 6.42 Å². The molecule has 14 heavy (non-hydrogen) atoms. The predicted molar refractivity (Wildman–Crippen MR) is 61.8 cm³/mol. The van der Waals surface area contributed by atoms with Crippen LogP contribution < -0.4 is 0 Å². The van der Waals surface area contributed by atoms with Gasteiger partial charge in [0, 0.05) is 0 Å². The van der Waals surface area contributed by atoms with Crippen molar-refractivity contribution in [2.24, 2.45) is 0 Å². The van der Waals surface area contributed by atoms with Gasteiger partial charge in [-0.15, -0.1) is 0 Å². The van der Waals surface area contributed by atoms with Crippen LogP contribution in [0.2, 0.25) is 18.1 Å². The zero-order valence-corrected chi connectivity index (χ0v) is 10.9. The maximum atomic E-state index is 9.63. The molecule has 1 aliphatic rings. The Morgan fingerprint density at radius 1 is 1.36 bits per heavy atom. The minimum absolute atomic E-state index is 0.00380. The van der Waals surface area contributed by atoms with Crippen molar-refractivity contribution < 1.29 is 9.53 Å². The molecule has 0 amide bonds. The van der Waals surface area contributed by atoms with Gasteiger partial charge in [-0.05, 0) is 24.6 Å². The lowest BCUT2D eigenvalue weighted by Crippen LogP contribution is -2.45. The molecule has 0 spiro atoms. The van der Waals surface area contributed by atoms with Crippen LogP contribution in [-0.4, -0.2) is 25.6 Å². The number of aliphatic hydroxyl groups excluding tert-OH is 1. The molecular formula is C11H22O2Si. The predicted octanol–water partition coefficient (Wildman–Crippen LogP) is 2.70. The van der Waals surface area contributed by atoms with Crippen LogP contribution in [0.1, 0.15) is 27.2 Å². The molecule has 82 valence electrons. The average molecular weight is 214 g/mol. The Balaban J connectivity index is 2.60. The third-order valence-electron chi connectivity index (χ3n) is 3.33. The van der Waals surface area contributed by atoms with E-state index >= 15 is 0 Å². The Bertz CT molecular complexity index is 228. The highest BCUT2D eigenvalue weighted by Crippen LogP contribution is 2.38. The van der Waals surface area contributed by atoms with Gasteiger partial charge < -0.3 is 9.53 Å². The quantitative estimate of drug-likeness (QED) is 0.566. The van der Waals surface area contributed by atoms with Crippen molar-refractivity contribution in [2.45, 2.75) is 57.5 Å². The summed E-state index contributed by atoms with van der Waals surface area (Å²) in [6.07, 6.45) is 4.29. The molecule has 2 atom stereocenters. The summed E-state index contributed by atoms with van der Waals surface area (Å²) in [6, 6.07) is 0. The van der Waals surface area contributed by atoms with E-state index in [1.807, 2.05) is 12.2 Å². The molecule has 1 rings (SSSR count). The summed E-state index contributed by atoms with van der Waals surface area (Å²) >= 11 is 0. The third kappa shape index (κ3) is 2.46. The van der Waals surface area contributed by atoms with Crippen LogP contribution in [-0.2, 0) is 4.43 Å². The Hall–Kier alpha value is -0.123. The normalized spacial score (nSPS) is 28.4. The van der Waals surface area contributed by atoms with Gasteiger partial charge in [0.05, 0.1) is 12.2 Å². The Morgan fingerprint density at radius 2 is 1.93 bits per heavy atom. The third-order valence-corrected chi connectivity index (χ3v) is 7.84. The first-order valence-electron chi connectivity index (χ1n) is 5.26. The van der Waals surface area contributed by atoms with Crippen molar-refractivity contribution in [3.05, 3.63) is 12.2 Å². The van der Waals surface area contributed by atoms with Gasteiger partial charge in [-0.1, -0.05) is 32.9 Å². The lowest BCUT2D eigenvalue weighted by atomic mass is 10.2. The molecule has 0 radical (unpaired) electrons. The van der Waals surface area contributed by atoms with Gasteiger partial charge >= 0.3 is 0 Å². The second kappa shape index (κ2) is 3.80. The summed E-state index contributed by atoms with van der Waals surface area (Å²) in [6.45, 7) is 11.1. The first-order valence-corrected chi connectivity index (χ1v) is 8.17. The Labute approximate surface area is 88.1 Å². The minimum Gasteiger partial charge on any atom is -0.411 e. The molecule has 1 aliphatic carbocycles. The van der Waals surface area contributed by atoms with Crippen molar-refractivity contribution in [1.82, 2.24) is 0 Å². The van der Waals surface area contributed by atoms with Gasteiger partial charge in [0.2, 0.25) is 0 Å². The van der Waals surface area contributed by atoms with Crippen molar-refractivity contribution in [3.8, 4) is 0 Å². The highest BCUT2D eigenvalue weighted by molar-refractivity contribution is 6.74. The maximum absolute atomic E-state index is 9.63. The fourth-order valence-electron chi connectivity index (χ4n) is 1.29. The molecule has 1 N–H and O–H groups in total. The van der Waals surface area contributed by atoms with Crippen molar-refractivity contribution >= 4 is 8.32 Å². The number of hydrogen-bond acceptors (Lipinski definition) is 2. The molecule has 0 bridgehead atoms. The van der Waals surface area contributed by atoms with Crippen LogP contribution in [0, 0.1) is 0 Å². The summed E-state index contributed by atoms with van der Waals surface area (Å²) in [5.74, 6) is 0. The second-order valence-electron chi connectivity index (χ2n) is 5.57. The standard InChI is InChI=1S/C11H22O2Si/c1-11(2,3)14(4,5)13-10-8-6-7-9(10)12/h6-7,9-10,12H,8H2,1-5H3/t9-,10+/m0/s1. The van der Waals surface area contributed by atoms with Crippen molar-refractivity contribution in [2.75, 3.05) is 0 Å². The number of aliphatic hydroxyl groups is 1. The molecule has 0 aromatic carbocycles. The van der Waals surface area contributed by atoms with Crippen LogP contribution in [0.25, 0.3) is 0 Å². The summed E-state index contributed by atoms with van der Waals surface area (Å²) in [5.41, 5.74) is 0. The largest absolute Gasteiger partial charge is 0.411 e. The van der Waals surface area contributed by atoms with E-state index < -0.39 is 14.4 Å². The van der Waals surface area contributed by atoms with Gasteiger partial charge in [0.25, 0.3) is 0 Å². The first-order chi connectivity index (χ1) is 6.24. The lowest BCUT2D eigenvalue weighted by Gasteiger charge is -2.39. The Kier molecular flexibility index (Phi) is 3.24. The summed E-state index contributed by atoms with van der Waals surface area (Å²) in [7, 11) is -1.71. The topological polar surface area (TPSA) is 29.5 Å². The van der Waals surface area contributed by atoms with Gasteiger partial charge in [-0.3, -0.25) is 0 Å². The SMILES string of the molecule is CC(C)(C)[Si](C)(C)O[C@@H]1CC=C[C@@H]1O. The van der Waals surface area contributed by atoms with E-state index in [2.05, 4.69) is 33.9 Å². The average Bonchev–Trinajstić information content (AvgIpc) is 2.33. The second-order valence-corrected chi connectivity index (χ2v) is 10.3. The molecular weight excluding hydrogens is 192 g/mol. The van der Waals surface area contributed by atoms with E-state index in [0.29, 0.717) is 0 Å². The van der Waals surface area contributed by atoms with Crippen molar-refractivity contribution in [1.29, 1.82) is 0 Å². The minimum atomic E-state index is -1.71. The van der Waals surface area contributed by atoms with E-state index in [1.165, 1.54) is 0 Å². The zero-order valence-electron chi connectivity index (χ0n) is 9.87. The van der Waals surface area contributed by atoms with E-state index in [9.17, 15) is 5.11 Å². The highest BCUT2D eigenvalue weighted by atomic mass is 28.4. The molecule has 0 aromatic heterocycles. The maximum Gasteiger partial charge on any atom is 0.192 e. The smallest absolute Gasteiger partial charge is 0.192 e. The fraction of sp³-hybridized carbons (Fsp3) is 0.818.